The van der Waals surface area contributed by atoms with Crippen molar-refractivity contribution in [2.24, 2.45) is 0 Å². The highest BCUT2D eigenvalue weighted by Gasteiger charge is 2.03. The van der Waals surface area contributed by atoms with E-state index >= 15 is 0 Å². The molecule has 1 N–H and O–H groups in total. The molecule has 0 saturated carbocycles. The molecule has 3 nitrogen and oxygen atoms in total. The lowest BCUT2D eigenvalue weighted by Crippen LogP contribution is -1.98. The van der Waals surface area contributed by atoms with E-state index in [1.165, 1.54) is 18.3 Å². The molecule has 0 aromatic heterocycles. The van der Waals surface area contributed by atoms with Crippen molar-refractivity contribution in [3.63, 3.8) is 0 Å². The van der Waals surface area contributed by atoms with Gasteiger partial charge >= 0.3 is 0 Å². The number of carbonyl (C=O) groups excluding carboxylic acids is 1. The van der Waals surface area contributed by atoms with Gasteiger partial charge in [-0.15, -0.1) is 0 Å². The van der Waals surface area contributed by atoms with Crippen molar-refractivity contribution in [1.29, 1.82) is 0 Å². The molecule has 0 unspecified atom stereocenters. The van der Waals surface area contributed by atoms with Crippen LogP contribution in [0.1, 0.15) is 22.8 Å². The Labute approximate surface area is 129 Å². The van der Waals surface area contributed by atoms with E-state index in [0.717, 1.165) is 11.3 Å². The molecule has 4 heteroatoms. The molecule has 2 rings (SSSR count). The maximum atomic E-state index is 13.6. The quantitative estimate of drug-likeness (QED) is 0.637. The van der Waals surface area contributed by atoms with Gasteiger partial charge in [0.1, 0.15) is 11.6 Å². The SMILES string of the molecule is CCOc1ccc(C(=O)C=CNc2ccc(C)cc2F)cc1. The van der Waals surface area contributed by atoms with Crippen LogP contribution in [0.2, 0.25) is 0 Å². The zero-order valence-corrected chi connectivity index (χ0v) is 12.6. The fourth-order valence-electron chi connectivity index (χ4n) is 1.92. The second-order valence-electron chi connectivity index (χ2n) is 4.78. The van der Waals surface area contributed by atoms with Gasteiger partial charge in [0.2, 0.25) is 0 Å². The Morgan fingerprint density at radius 3 is 2.59 bits per heavy atom. The number of nitrogens with one attached hydrogen (secondary N) is 1. The molecular weight excluding hydrogens is 281 g/mol. The van der Waals surface area contributed by atoms with Crippen LogP contribution in [0.25, 0.3) is 0 Å². The number of rotatable bonds is 6. The van der Waals surface area contributed by atoms with E-state index in [-0.39, 0.29) is 11.6 Å². The molecule has 22 heavy (non-hydrogen) atoms. The summed E-state index contributed by atoms with van der Waals surface area (Å²) in [6, 6.07) is 11.8. The zero-order chi connectivity index (χ0) is 15.9. The first kappa shape index (κ1) is 15.8. The third-order valence-corrected chi connectivity index (χ3v) is 3.05. The molecule has 0 fully saturated rings. The maximum Gasteiger partial charge on any atom is 0.187 e. The number of hydrogen-bond donors (Lipinski definition) is 1. The Kier molecular flexibility index (Phi) is 5.31. The Morgan fingerprint density at radius 2 is 1.95 bits per heavy atom. The molecule has 0 amide bonds. The summed E-state index contributed by atoms with van der Waals surface area (Å²) in [6.07, 6.45) is 2.81. The van der Waals surface area contributed by atoms with Crippen molar-refractivity contribution in [3.8, 4) is 5.75 Å². The highest BCUT2D eigenvalue weighted by atomic mass is 19.1. The summed E-state index contributed by atoms with van der Waals surface area (Å²) < 4.78 is 18.9. The first-order valence-corrected chi connectivity index (χ1v) is 7.06. The van der Waals surface area contributed by atoms with Gasteiger partial charge in [-0.1, -0.05) is 6.07 Å². The van der Waals surface area contributed by atoms with Crippen molar-refractivity contribution in [2.45, 2.75) is 13.8 Å². The molecule has 114 valence electrons. The van der Waals surface area contributed by atoms with Crippen LogP contribution in [0, 0.1) is 12.7 Å². The molecule has 0 aliphatic carbocycles. The number of benzene rings is 2. The van der Waals surface area contributed by atoms with Crippen LogP contribution in [0.5, 0.6) is 5.75 Å². The van der Waals surface area contributed by atoms with Gasteiger partial charge in [-0.05, 0) is 55.8 Å². The van der Waals surface area contributed by atoms with Gasteiger partial charge < -0.3 is 10.1 Å². The molecule has 0 spiro atoms. The number of ether oxygens (including phenoxy) is 1. The molecule has 0 saturated heterocycles. The molecule has 0 bridgehead atoms. The van der Waals surface area contributed by atoms with Gasteiger partial charge in [-0.25, -0.2) is 4.39 Å². The minimum absolute atomic E-state index is 0.164. The Balaban J connectivity index is 1.98. The molecule has 2 aromatic carbocycles. The van der Waals surface area contributed by atoms with E-state index in [9.17, 15) is 9.18 Å². The lowest BCUT2D eigenvalue weighted by Gasteiger charge is -2.04. The van der Waals surface area contributed by atoms with E-state index in [0.29, 0.717) is 17.9 Å². The van der Waals surface area contributed by atoms with Crippen molar-refractivity contribution >= 4 is 11.5 Å². The number of anilines is 1. The van der Waals surface area contributed by atoms with Crippen LogP contribution >= 0.6 is 0 Å². The Morgan fingerprint density at radius 1 is 1.23 bits per heavy atom. The van der Waals surface area contributed by atoms with E-state index in [2.05, 4.69) is 5.32 Å². The standard InChI is InChI=1S/C18H18FNO2/c1-3-22-15-7-5-14(6-8-15)18(21)10-11-20-17-9-4-13(2)12-16(17)19/h4-12,20H,3H2,1-2H3. The monoisotopic (exact) mass is 299 g/mol. The summed E-state index contributed by atoms with van der Waals surface area (Å²) in [5.74, 6) is 0.212. The van der Waals surface area contributed by atoms with Crippen molar-refractivity contribution in [3.05, 3.63) is 71.7 Å². The third-order valence-electron chi connectivity index (χ3n) is 3.05. The van der Waals surface area contributed by atoms with Crippen molar-refractivity contribution in [1.82, 2.24) is 0 Å². The summed E-state index contributed by atoms with van der Waals surface area (Å²) in [5, 5.41) is 2.77. The highest BCUT2D eigenvalue weighted by Crippen LogP contribution is 2.16. The Bertz CT molecular complexity index is 678. The minimum Gasteiger partial charge on any atom is -0.494 e. The van der Waals surface area contributed by atoms with E-state index in [1.807, 2.05) is 13.8 Å². The summed E-state index contributed by atoms with van der Waals surface area (Å²) >= 11 is 0. The van der Waals surface area contributed by atoms with Crippen molar-refractivity contribution < 1.29 is 13.9 Å². The van der Waals surface area contributed by atoms with E-state index < -0.39 is 0 Å². The molecule has 0 aliphatic rings. The smallest absolute Gasteiger partial charge is 0.187 e. The van der Waals surface area contributed by atoms with E-state index in [4.69, 9.17) is 4.74 Å². The fraction of sp³-hybridized carbons (Fsp3) is 0.167. The predicted octanol–water partition coefficient (Wildman–Crippen LogP) is 4.34. The summed E-state index contributed by atoms with van der Waals surface area (Å²) in [4.78, 5) is 12.0. The van der Waals surface area contributed by atoms with Gasteiger partial charge in [0, 0.05) is 17.8 Å². The molecule has 2 aromatic rings. The number of hydrogen-bond acceptors (Lipinski definition) is 3. The lowest BCUT2D eigenvalue weighted by molar-refractivity contribution is 0.104. The number of ketones is 1. The fourth-order valence-corrected chi connectivity index (χ4v) is 1.92. The predicted molar refractivity (Wildman–Crippen MR) is 85.8 cm³/mol. The molecule has 0 atom stereocenters. The second kappa shape index (κ2) is 7.41. The van der Waals surface area contributed by atoms with Gasteiger partial charge in [0.15, 0.2) is 5.78 Å². The van der Waals surface area contributed by atoms with Crippen LogP contribution in [-0.4, -0.2) is 12.4 Å². The highest BCUT2D eigenvalue weighted by molar-refractivity contribution is 6.04. The number of allylic oxidation sites excluding steroid dienone is 1. The molecule has 0 heterocycles. The van der Waals surface area contributed by atoms with Gasteiger partial charge in [0.05, 0.1) is 12.3 Å². The van der Waals surface area contributed by atoms with Crippen molar-refractivity contribution in [2.75, 3.05) is 11.9 Å². The van der Waals surface area contributed by atoms with Crippen LogP contribution in [-0.2, 0) is 0 Å². The molecule has 0 radical (unpaired) electrons. The third kappa shape index (κ3) is 4.19. The zero-order valence-electron chi connectivity index (χ0n) is 12.6. The Hall–Kier alpha value is -2.62. The van der Waals surface area contributed by atoms with E-state index in [1.54, 1.807) is 36.4 Å². The first-order valence-electron chi connectivity index (χ1n) is 7.06. The summed E-state index contributed by atoms with van der Waals surface area (Å²) in [6.45, 7) is 4.30. The van der Waals surface area contributed by atoms with Crippen LogP contribution < -0.4 is 10.1 Å². The summed E-state index contributed by atoms with van der Waals surface area (Å²) in [7, 11) is 0. The lowest BCUT2D eigenvalue weighted by atomic mass is 10.1. The van der Waals surface area contributed by atoms with Crippen LogP contribution in [0.4, 0.5) is 10.1 Å². The van der Waals surface area contributed by atoms with Crippen LogP contribution in [0.3, 0.4) is 0 Å². The second-order valence-corrected chi connectivity index (χ2v) is 4.78. The number of carbonyl (C=O) groups is 1. The number of halogens is 1. The normalized spacial score (nSPS) is 10.7. The average molecular weight is 299 g/mol. The minimum atomic E-state index is -0.349. The maximum absolute atomic E-state index is 13.6. The topological polar surface area (TPSA) is 38.3 Å². The molecule has 0 aliphatic heterocycles. The number of aryl methyl sites for hydroxylation is 1. The average Bonchev–Trinajstić information content (AvgIpc) is 2.50. The van der Waals surface area contributed by atoms with Gasteiger partial charge in [-0.2, -0.15) is 0 Å². The van der Waals surface area contributed by atoms with Crippen LogP contribution in [0.15, 0.2) is 54.7 Å². The first-order chi connectivity index (χ1) is 10.6. The molecular formula is C18H18FNO2. The summed E-state index contributed by atoms with van der Waals surface area (Å²) in [5.41, 5.74) is 1.73. The largest absolute Gasteiger partial charge is 0.494 e. The van der Waals surface area contributed by atoms with Gasteiger partial charge in [0.25, 0.3) is 0 Å². The van der Waals surface area contributed by atoms with Gasteiger partial charge in [-0.3, -0.25) is 4.79 Å².